The number of hydrogen-bond donors (Lipinski definition) is 1. The highest BCUT2D eigenvalue weighted by molar-refractivity contribution is 5.46. The number of ether oxygens (including phenoxy) is 2. The molecule has 0 spiro atoms. The Labute approximate surface area is 119 Å². The van der Waals surface area contributed by atoms with Crippen LogP contribution in [0.4, 0.5) is 0 Å². The molecule has 0 fully saturated rings. The summed E-state index contributed by atoms with van der Waals surface area (Å²) in [5, 5.41) is 0. The van der Waals surface area contributed by atoms with E-state index in [2.05, 4.69) is 11.9 Å². The molecule has 0 aliphatic rings. The lowest BCUT2D eigenvalue weighted by Gasteiger charge is -2.17. The van der Waals surface area contributed by atoms with Crippen LogP contribution in [0.5, 0.6) is 11.5 Å². The van der Waals surface area contributed by atoms with Gasteiger partial charge in [-0.25, -0.2) is 0 Å². The first-order chi connectivity index (χ1) is 9.71. The van der Waals surface area contributed by atoms with Crippen LogP contribution in [0.25, 0.3) is 0 Å². The van der Waals surface area contributed by atoms with E-state index in [4.69, 9.17) is 15.2 Å². The number of aryl methyl sites for hydroxylation is 1. The topological polar surface area (TPSA) is 57.4 Å². The molecule has 0 aliphatic carbocycles. The maximum absolute atomic E-state index is 6.38. The molecule has 0 aliphatic heterocycles. The number of benzene rings is 1. The highest BCUT2D eigenvalue weighted by Crippen LogP contribution is 2.32. The Balaban J connectivity index is 2.40. The molecule has 2 rings (SSSR count). The summed E-state index contributed by atoms with van der Waals surface area (Å²) in [7, 11) is 3.24. The summed E-state index contributed by atoms with van der Waals surface area (Å²) in [5.74, 6) is 1.39. The Morgan fingerprint density at radius 2 is 1.90 bits per heavy atom. The van der Waals surface area contributed by atoms with Crippen molar-refractivity contribution >= 4 is 0 Å². The second-order valence-electron chi connectivity index (χ2n) is 4.52. The first-order valence-corrected chi connectivity index (χ1v) is 6.61. The van der Waals surface area contributed by atoms with Crippen LogP contribution in [-0.2, 0) is 6.42 Å². The fraction of sp³-hybridized carbons (Fsp3) is 0.312. The second kappa shape index (κ2) is 6.39. The molecule has 0 radical (unpaired) electrons. The second-order valence-corrected chi connectivity index (χ2v) is 4.52. The number of nitrogens with two attached hydrogens (primary N) is 1. The van der Waals surface area contributed by atoms with Crippen LogP contribution in [0.1, 0.15) is 29.7 Å². The van der Waals surface area contributed by atoms with Gasteiger partial charge in [0.2, 0.25) is 0 Å². The third kappa shape index (κ3) is 2.75. The number of nitrogens with zero attached hydrogens (tertiary/aromatic N) is 1. The summed E-state index contributed by atoms with van der Waals surface area (Å²) in [6.45, 7) is 2.10. The summed E-state index contributed by atoms with van der Waals surface area (Å²) in [5.41, 5.74) is 9.63. The third-order valence-corrected chi connectivity index (χ3v) is 3.42. The van der Waals surface area contributed by atoms with Gasteiger partial charge >= 0.3 is 0 Å². The maximum Gasteiger partial charge on any atom is 0.161 e. The SMILES string of the molecule is CCc1cnccc1C(N)c1ccc(OC)c(OC)c1. The Morgan fingerprint density at radius 1 is 1.15 bits per heavy atom. The molecule has 2 N–H and O–H groups in total. The van der Waals surface area contributed by atoms with E-state index in [1.807, 2.05) is 30.5 Å². The fourth-order valence-corrected chi connectivity index (χ4v) is 2.26. The molecule has 4 nitrogen and oxygen atoms in total. The Hall–Kier alpha value is -2.07. The molecule has 1 heterocycles. The van der Waals surface area contributed by atoms with E-state index in [9.17, 15) is 0 Å². The first-order valence-electron chi connectivity index (χ1n) is 6.61. The molecule has 20 heavy (non-hydrogen) atoms. The van der Waals surface area contributed by atoms with Crippen molar-refractivity contribution in [2.45, 2.75) is 19.4 Å². The molecule has 0 bridgehead atoms. The minimum absolute atomic E-state index is 0.201. The Bertz CT molecular complexity index is 584. The van der Waals surface area contributed by atoms with Gasteiger partial charge in [0.15, 0.2) is 11.5 Å². The summed E-state index contributed by atoms with van der Waals surface area (Å²) >= 11 is 0. The number of pyridine rings is 1. The lowest BCUT2D eigenvalue weighted by molar-refractivity contribution is 0.354. The van der Waals surface area contributed by atoms with Crippen molar-refractivity contribution in [3.63, 3.8) is 0 Å². The van der Waals surface area contributed by atoms with Crippen molar-refractivity contribution in [1.82, 2.24) is 4.98 Å². The monoisotopic (exact) mass is 272 g/mol. The smallest absolute Gasteiger partial charge is 0.161 e. The van der Waals surface area contributed by atoms with Gasteiger partial charge in [0.1, 0.15) is 0 Å². The fourth-order valence-electron chi connectivity index (χ4n) is 2.26. The lowest BCUT2D eigenvalue weighted by atomic mass is 9.95. The zero-order chi connectivity index (χ0) is 14.5. The molecule has 0 saturated heterocycles. The van der Waals surface area contributed by atoms with Crippen LogP contribution in [0.15, 0.2) is 36.7 Å². The average Bonchev–Trinajstić information content (AvgIpc) is 2.53. The van der Waals surface area contributed by atoms with Crippen molar-refractivity contribution in [2.75, 3.05) is 14.2 Å². The summed E-state index contributed by atoms with van der Waals surface area (Å²) in [6, 6.07) is 7.53. The van der Waals surface area contributed by atoms with Crippen LogP contribution in [-0.4, -0.2) is 19.2 Å². The van der Waals surface area contributed by atoms with Crippen LogP contribution in [0.3, 0.4) is 0 Å². The average molecular weight is 272 g/mol. The van der Waals surface area contributed by atoms with Gasteiger partial charge in [0.05, 0.1) is 20.3 Å². The molecule has 4 heteroatoms. The van der Waals surface area contributed by atoms with Crippen molar-refractivity contribution in [2.24, 2.45) is 5.73 Å². The Kier molecular flexibility index (Phi) is 4.58. The molecule has 1 aromatic heterocycles. The van der Waals surface area contributed by atoms with E-state index >= 15 is 0 Å². The van der Waals surface area contributed by atoms with Gasteiger partial charge < -0.3 is 15.2 Å². The summed E-state index contributed by atoms with van der Waals surface area (Å²) in [4.78, 5) is 4.15. The predicted octanol–water partition coefficient (Wildman–Crippen LogP) is 2.71. The van der Waals surface area contributed by atoms with E-state index in [0.29, 0.717) is 11.5 Å². The standard InChI is InChI=1S/C16H20N2O2/c1-4-11-10-18-8-7-13(11)16(17)12-5-6-14(19-2)15(9-12)20-3/h5-10,16H,4,17H2,1-3H3. The third-order valence-electron chi connectivity index (χ3n) is 3.42. The van der Waals surface area contributed by atoms with Crippen LogP contribution in [0, 0.1) is 0 Å². The molecule has 0 amide bonds. The minimum Gasteiger partial charge on any atom is -0.493 e. The van der Waals surface area contributed by atoms with E-state index < -0.39 is 0 Å². The number of rotatable bonds is 5. The molecule has 106 valence electrons. The first kappa shape index (κ1) is 14.3. The molecule has 1 unspecified atom stereocenters. The normalized spacial score (nSPS) is 12.0. The van der Waals surface area contributed by atoms with Crippen molar-refractivity contribution in [3.8, 4) is 11.5 Å². The van der Waals surface area contributed by atoms with Gasteiger partial charge in [-0.2, -0.15) is 0 Å². The Morgan fingerprint density at radius 3 is 2.55 bits per heavy atom. The van der Waals surface area contributed by atoms with Crippen LogP contribution < -0.4 is 15.2 Å². The molecule has 1 aromatic carbocycles. The number of aromatic nitrogens is 1. The van der Waals surface area contributed by atoms with Crippen LogP contribution >= 0.6 is 0 Å². The molecular formula is C16H20N2O2. The zero-order valence-electron chi connectivity index (χ0n) is 12.1. The largest absolute Gasteiger partial charge is 0.493 e. The van der Waals surface area contributed by atoms with Crippen LogP contribution in [0.2, 0.25) is 0 Å². The highest BCUT2D eigenvalue weighted by Gasteiger charge is 2.15. The van der Waals surface area contributed by atoms with Gasteiger partial charge in [-0.1, -0.05) is 13.0 Å². The van der Waals surface area contributed by atoms with E-state index in [1.165, 1.54) is 0 Å². The van der Waals surface area contributed by atoms with Crippen molar-refractivity contribution < 1.29 is 9.47 Å². The molecule has 0 saturated carbocycles. The molecule has 1 atom stereocenters. The summed E-state index contributed by atoms with van der Waals surface area (Å²) < 4.78 is 10.6. The van der Waals surface area contributed by atoms with Gasteiger partial charge in [-0.05, 0) is 41.3 Å². The maximum atomic E-state index is 6.38. The van der Waals surface area contributed by atoms with E-state index in [-0.39, 0.29) is 6.04 Å². The number of methoxy groups -OCH3 is 2. The number of hydrogen-bond acceptors (Lipinski definition) is 4. The van der Waals surface area contributed by atoms with Gasteiger partial charge in [-0.15, -0.1) is 0 Å². The molecule has 2 aromatic rings. The van der Waals surface area contributed by atoms with Crippen molar-refractivity contribution in [3.05, 3.63) is 53.3 Å². The predicted molar refractivity (Wildman–Crippen MR) is 79.2 cm³/mol. The van der Waals surface area contributed by atoms with Gasteiger partial charge in [0.25, 0.3) is 0 Å². The lowest BCUT2D eigenvalue weighted by Crippen LogP contribution is -2.14. The van der Waals surface area contributed by atoms with Crippen molar-refractivity contribution in [1.29, 1.82) is 0 Å². The van der Waals surface area contributed by atoms with Gasteiger partial charge in [0, 0.05) is 12.4 Å². The summed E-state index contributed by atoms with van der Waals surface area (Å²) in [6.07, 6.45) is 4.55. The minimum atomic E-state index is -0.201. The molecular weight excluding hydrogens is 252 g/mol. The highest BCUT2D eigenvalue weighted by atomic mass is 16.5. The quantitative estimate of drug-likeness (QED) is 0.909. The van der Waals surface area contributed by atoms with E-state index in [0.717, 1.165) is 23.1 Å². The van der Waals surface area contributed by atoms with Gasteiger partial charge in [-0.3, -0.25) is 4.98 Å². The zero-order valence-corrected chi connectivity index (χ0v) is 12.1. The van der Waals surface area contributed by atoms with E-state index in [1.54, 1.807) is 20.4 Å².